The fourth-order valence-electron chi connectivity index (χ4n) is 7.95. The van der Waals surface area contributed by atoms with Gasteiger partial charge in [-0.3, -0.25) is 19.3 Å². The number of carbonyl (C=O) groups is 2. The number of halogens is 2. The van der Waals surface area contributed by atoms with E-state index in [9.17, 15) is 14.4 Å². The second kappa shape index (κ2) is 10.3. The SMILES string of the molecule is Cc1ccc(COc2ccc(Cl)cc2[C@@H]2c3sc(=O)[nH]c3S[C@@H]3[C@@H]4C[C@@H]([C@@H]5C(=O)N(c6ccc(Cl)cc6)C(=O)[C@@H]45)[C@@H]23)cc1. The number of thiazole rings is 1. The third-order valence-corrected chi connectivity index (χ3v) is 12.7. The first-order valence-electron chi connectivity index (χ1n) is 14.3. The zero-order valence-electron chi connectivity index (χ0n) is 23.0. The Labute approximate surface area is 266 Å². The Hall–Kier alpha value is -3.04. The van der Waals surface area contributed by atoms with Crippen molar-refractivity contribution >= 4 is 63.8 Å². The van der Waals surface area contributed by atoms with Crippen molar-refractivity contribution in [2.24, 2.45) is 29.6 Å². The Kier molecular flexibility index (Phi) is 6.56. The number of hydrogen-bond donors (Lipinski definition) is 1. The van der Waals surface area contributed by atoms with Crippen molar-refractivity contribution in [1.82, 2.24) is 4.98 Å². The smallest absolute Gasteiger partial charge is 0.305 e. The number of aryl methyl sites for hydroxylation is 1. The van der Waals surface area contributed by atoms with Gasteiger partial charge in [0.15, 0.2) is 0 Å². The molecule has 1 aromatic heterocycles. The minimum absolute atomic E-state index is 0.0134. The molecule has 2 aliphatic heterocycles. The lowest BCUT2D eigenvalue weighted by atomic mass is 9.68. The van der Waals surface area contributed by atoms with E-state index in [0.29, 0.717) is 28.1 Å². The van der Waals surface area contributed by atoms with Gasteiger partial charge in [0, 0.05) is 31.7 Å². The molecule has 3 heterocycles. The van der Waals surface area contributed by atoms with Crippen LogP contribution in [0.5, 0.6) is 5.75 Å². The Morgan fingerprint density at radius 3 is 2.35 bits per heavy atom. The zero-order chi connectivity index (χ0) is 29.6. The van der Waals surface area contributed by atoms with Gasteiger partial charge in [-0.1, -0.05) is 64.4 Å². The Bertz CT molecular complexity index is 1840. The summed E-state index contributed by atoms with van der Waals surface area (Å²) in [7, 11) is 0. The number of rotatable bonds is 5. The Balaban J connectivity index is 1.20. The van der Waals surface area contributed by atoms with Crippen LogP contribution in [0.3, 0.4) is 0 Å². The normalized spacial score (nSPS) is 28.6. The third-order valence-electron chi connectivity index (χ3n) is 9.63. The van der Waals surface area contributed by atoms with Crippen LogP contribution in [0.25, 0.3) is 0 Å². The van der Waals surface area contributed by atoms with E-state index in [1.165, 1.54) is 21.8 Å². The number of ether oxygens (including phenoxy) is 1. The monoisotopic (exact) mass is 648 g/mol. The van der Waals surface area contributed by atoms with Gasteiger partial charge in [-0.15, -0.1) is 11.8 Å². The van der Waals surface area contributed by atoms with Crippen LogP contribution in [-0.2, 0) is 16.2 Å². The van der Waals surface area contributed by atoms with Crippen LogP contribution < -0.4 is 14.5 Å². The van der Waals surface area contributed by atoms with E-state index in [1.54, 1.807) is 36.0 Å². The molecule has 1 saturated heterocycles. The van der Waals surface area contributed by atoms with Crippen molar-refractivity contribution < 1.29 is 14.3 Å². The van der Waals surface area contributed by atoms with E-state index < -0.39 is 5.92 Å². The number of anilines is 1. The van der Waals surface area contributed by atoms with Crippen LogP contribution in [0, 0.1) is 36.5 Å². The average molecular weight is 650 g/mol. The van der Waals surface area contributed by atoms with Crippen LogP contribution in [-0.4, -0.2) is 22.0 Å². The molecule has 3 aromatic carbocycles. The van der Waals surface area contributed by atoms with Gasteiger partial charge in [0.2, 0.25) is 11.8 Å². The molecular weight excluding hydrogens is 623 g/mol. The number of carbonyl (C=O) groups excluding carboxylic acids is 2. The second-order valence-corrected chi connectivity index (χ2v) is 15.0. The predicted molar refractivity (Wildman–Crippen MR) is 169 cm³/mol. The predicted octanol–water partition coefficient (Wildman–Crippen LogP) is 7.31. The first kappa shape index (κ1) is 27.5. The molecule has 2 aliphatic carbocycles. The van der Waals surface area contributed by atoms with Gasteiger partial charge in [0.25, 0.3) is 0 Å². The summed E-state index contributed by atoms with van der Waals surface area (Å²) in [4.78, 5) is 45.9. The van der Waals surface area contributed by atoms with Crippen molar-refractivity contribution in [2.75, 3.05) is 4.90 Å². The van der Waals surface area contributed by atoms with Gasteiger partial charge in [0.05, 0.1) is 22.5 Å². The van der Waals surface area contributed by atoms with Gasteiger partial charge >= 0.3 is 4.87 Å². The molecule has 2 amide bonds. The molecule has 0 unspecified atom stereocenters. The average Bonchev–Trinajstić information content (AvgIpc) is 3.73. The van der Waals surface area contributed by atoms with E-state index in [-0.39, 0.29) is 51.5 Å². The molecule has 7 atom stereocenters. The molecule has 218 valence electrons. The minimum Gasteiger partial charge on any atom is -0.489 e. The van der Waals surface area contributed by atoms with Crippen molar-refractivity contribution in [1.29, 1.82) is 0 Å². The van der Waals surface area contributed by atoms with E-state index in [4.69, 9.17) is 27.9 Å². The maximum Gasteiger partial charge on any atom is 0.305 e. The molecular formula is C33H26Cl2N2O4S2. The highest BCUT2D eigenvalue weighted by atomic mass is 35.5. The number of nitrogens with zero attached hydrogens (tertiary/aromatic N) is 1. The number of fused-ring (bicyclic) bond motifs is 9. The van der Waals surface area contributed by atoms with E-state index in [1.807, 2.05) is 18.2 Å². The highest BCUT2D eigenvalue weighted by Crippen LogP contribution is 2.69. The van der Waals surface area contributed by atoms with Crippen LogP contribution in [0.15, 0.2) is 76.6 Å². The molecule has 2 bridgehead atoms. The molecule has 3 fully saturated rings. The second-order valence-electron chi connectivity index (χ2n) is 11.9. The molecule has 4 aromatic rings. The summed E-state index contributed by atoms with van der Waals surface area (Å²) in [6.07, 6.45) is 0.805. The minimum atomic E-state index is -0.397. The number of aromatic nitrogens is 1. The fraction of sp³-hybridized carbons (Fsp3) is 0.303. The van der Waals surface area contributed by atoms with Gasteiger partial charge in [-0.05, 0) is 79.1 Å². The highest BCUT2D eigenvalue weighted by molar-refractivity contribution is 8.00. The first-order valence-corrected chi connectivity index (χ1v) is 16.7. The zero-order valence-corrected chi connectivity index (χ0v) is 26.1. The molecule has 1 N–H and O–H groups in total. The molecule has 0 radical (unpaired) electrons. The largest absolute Gasteiger partial charge is 0.489 e. The van der Waals surface area contributed by atoms with E-state index in [2.05, 4.69) is 36.2 Å². The Morgan fingerprint density at radius 1 is 0.907 bits per heavy atom. The van der Waals surface area contributed by atoms with Crippen molar-refractivity contribution in [3.05, 3.63) is 108 Å². The molecule has 4 aliphatic rings. The molecule has 43 heavy (non-hydrogen) atoms. The number of H-pyrrole nitrogens is 1. The number of nitrogens with one attached hydrogen (secondary N) is 1. The highest BCUT2D eigenvalue weighted by Gasteiger charge is 2.69. The number of benzene rings is 3. The van der Waals surface area contributed by atoms with Gasteiger partial charge in [-0.2, -0.15) is 0 Å². The summed E-state index contributed by atoms with van der Waals surface area (Å²) >= 11 is 15.6. The van der Waals surface area contributed by atoms with E-state index in [0.717, 1.165) is 27.5 Å². The van der Waals surface area contributed by atoms with Crippen molar-refractivity contribution in [3.63, 3.8) is 0 Å². The maximum atomic E-state index is 14.0. The van der Waals surface area contributed by atoms with Crippen LogP contribution in [0.4, 0.5) is 5.69 Å². The summed E-state index contributed by atoms with van der Waals surface area (Å²) in [6.45, 7) is 2.44. The number of hydrogen-bond acceptors (Lipinski definition) is 6. The third kappa shape index (κ3) is 4.32. The lowest BCUT2D eigenvalue weighted by Crippen LogP contribution is -2.42. The van der Waals surface area contributed by atoms with E-state index >= 15 is 0 Å². The lowest BCUT2D eigenvalue weighted by molar-refractivity contribution is -0.123. The number of amides is 2. The molecule has 10 heteroatoms. The first-order chi connectivity index (χ1) is 20.8. The topological polar surface area (TPSA) is 79.5 Å². The molecule has 6 nitrogen and oxygen atoms in total. The molecule has 8 rings (SSSR count). The molecule has 0 spiro atoms. The number of thioether (sulfide) groups is 1. The maximum absolute atomic E-state index is 14.0. The molecule has 2 saturated carbocycles. The summed E-state index contributed by atoms with van der Waals surface area (Å²) in [5, 5.41) is 2.05. The van der Waals surface area contributed by atoms with Gasteiger partial charge in [-0.25, -0.2) is 0 Å². The standard InChI is InChI=1S/C33H26Cl2N2O4S2/c1-15-2-4-16(5-3-15)14-41-23-11-8-18(35)12-20(23)24-25-21-13-22(28(25)42-30-29(24)43-33(40)36-30)27-26(21)31(38)37(32(27)39)19-9-6-17(34)7-10-19/h2-12,21-22,24-28H,13-14H2,1H3,(H,36,40)/t21-,22-,24+,25+,26+,27+,28-/m1/s1. The Morgan fingerprint density at radius 2 is 1.60 bits per heavy atom. The summed E-state index contributed by atoms with van der Waals surface area (Å²) in [5.74, 6) is -0.468. The summed E-state index contributed by atoms with van der Waals surface area (Å²) in [5.41, 5.74) is 3.71. The fourth-order valence-corrected chi connectivity index (χ4v) is 11.1. The van der Waals surface area contributed by atoms with Crippen LogP contribution in [0.2, 0.25) is 10.0 Å². The van der Waals surface area contributed by atoms with Gasteiger partial charge < -0.3 is 9.72 Å². The van der Waals surface area contributed by atoms with Crippen molar-refractivity contribution in [2.45, 2.75) is 36.1 Å². The van der Waals surface area contributed by atoms with Crippen molar-refractivity contribution in [3.8, 4) is 5.75 Å². The summed E-state index contributed by atoms with van der Waals surface area (Å²) in [6, 6.07) is 20.8. The number of aromatic amines is 1. The number of imide groups is 1. The van der Waals surface area contributed by atoms with Crippen LogP contribution in [0.1, 0.15) is 33.9 Å². The van der Waals surface area contributed by atoms with Crippen LogP contribution >= 0.6 is 46.3 Å². The lowest BCUT2D eigenvalue weighted by Gasteiger charge is -2.43. The quantitative estimate of drug-likeness (QED) is 0.230. The summed E-state index contributed by atoms with van der Waals surface area (Å²) < 4.78 is 6.44. The van der Waals surface area contributed by atoms with Gasteiger partial charge in [0.1, 0.15) is 12.4 Å².